The monoisotopic (exact) mass is 342 g/mol. The van der Waals surface area contributed by atoms with E-state index >= 15 is 0 Å². The van der Waals surface area contributed by atoms with Crippen LogP contribution in [0.1, 0.15) is 0 Å². The summed E-state index contributed by atoms with van der Waals surface area (Å²) in [7, 11) is 0. The zero-order valence-electron chi connectivity index (χ0n) is 3.00. The summed E-state index contributed by atoms with van der Waals surface area (Å²) < 4.78 is 0. The Hall–Kier alpha value is 1.59. The average Bonchev–Trinajstić information content (AvgIpc) is 0. The van der Waals surface area contributed by atoms with Gasteiger partial charge in [-0.15, -0.1) is 0 Å². The molecule has 0 radical (unpaired) electrons. The number of hydrogen-bond donors (Lipinski definition) is 0. The Labute approximate surface area is 73.4 Å². The molecule has 6 heteroatoms. The van der Waals surface area contributed by atoms with E-state index in [1.807, 2.05) is 0 Å². The molecule has 0 unspecified atom stereocenters. The normalized spacial score (nSPS) is 0. The second kappa shape index (κ2) is 81.3. The largest absolute Gasteiger partial charge is 0.412 e. The van der Waals surface area contributed by atoms with Gasteiger partial charge in [0.2, 0.25) is 0 Å². The molecular weight excluding hydrogens is 334 g/mol. The molecule has 0 aliphatic rings. The first-order valence-corrected chi connectivity index (χ1v) is 0. The molecule has 0 spiro atoms. The van der Waals surface area contributed by atoms with Gasteiger partial charge in [-0.1, -0.05) is 0 Å². The van der Waals surface area contributed by atoms with Crippen LogP contribution in [0.3, 0.4) is 0 Å². The third-order valence-electron chi connectivity index (χ3n) is 0. The minimum absolute atomic E-state index is 0. The Morgan fingerprint density at radius 1 is 0.500 bits per heavy atom. The Balaban J connectivity index is 0. The van der Waals surface area contributed by atoms with E-state index in [4.69, 9.17) is 0 Å². The summed E-state index contributed by atoms with van der Waals surface area (Å²) in [6.07, 6.45) is 0. The van der Waals surface area contributed by atoms with Gasteiger partial charge < -0.3 is 21.9 Å². The summed E-state index contributed by atoms with van der Waals surface area (Å²) in [4.78, 5) is 0. The van der Waals surface area contributed by atoms with E-state index < -0.39 is 0 Å². The fourth-order valence-electron chi connectivity index (χ4n) is 0. The van der Waals surface area contributed by atoms with E-state index in [0.717, 1.165) is 0 Å². The van der Waals surface area contributed by atoms with Crippen LogP contribution in [0, 0.1) is 0 Å². The van der Waals surface area contributed by atoms with Crippen molar-refractivity contribution in [3.8, 4) is 0 Å². The molecule has 0 aliphatic carbocycles. The van der Waals surface area contributed by atoms with E-state index in [-0.39, 0.29) is 74.0 Å². The zero-order chi connectivity index (χ0) is 0. The Kier molecular flexibility index (Phi) is 1760. The summed E-state index contributed by atoms with van der Waals surface area (Å²) in [5, 5.41) is 0. The van der Waals surface area contributed by atoms with Gasteiger partial charge in [-0.3, -0.25) is 0 Å². The van der Waals surface area contributed by atoms with Crippen LogP contribution in [0.2, 0.25) is 0 Å². The van der Waals surface area contributed by atoms with Crippen molar-refractivity contribution in [3.63, 3.8) is 0 Å². The van der Waals surface area contributed by atoms with Crippen molar-refractivity contribution in [2.24, 2.45) is 0 Å². The third-order valence-corrected chi connectivity index (χ3v) is 0. The second-order valence-electron chi connectivity index (χ2n) is 0. The molecule has 6 heavy (non-hydrogen) atoms. The molecule has 0 saturated carbocycles. The molecule has 0 aliphatic heterocycles. The molecule has 40 valence electrons. The summed E-state index contributed by atoms with van der Waals surface area (Å²) in [6.45, 7) is 0. The Morgan fingerprint density at radius 2 is 0.500 bits per heavy atom. The first kappa shape index (κ1) is 130. The van der Waals surface area contributed by atoms with Gasteiger partial charge in [-0.2, -0.15) is 0 Å². The predicted octanol–water partition coefficient (Wildman–Crippen LogP) is -3.30. The summed E-state index contributed by atoms with van der Waals surface area (Å²) in [5.41, 5.74) is 0. The fraction of sp³-hybridized carbons (Fsp3) is 0. The SMILES string of the molecule is O.O.O.O.[Hf].[Zr]. The van der Waals surface area contributed by atoms with E-state index in [1.54, 1.807) is 0 Å². The van der Waals surface area contributed by atoms with Crippen molar-refractivity contribution >= 4 is 0 Å². The van der Waals surface area contributed by atoms with E-state index in [0.29, 0.717) is 0 Å². The van der Waals surface area contributed by atoms with E-state index in [1.165, 1.54) is 0 Å². The second-order valence-corrected chi connectivity index (χ2v) is 0. The zero-order valence-corrected chi connectivity index (χ0v) is 9.05. The molecule has 0 atom stereocenters. The Bertz CT molecular complexity index is 7.51. The van der Waals surface area contributed by atoms with Crippen LogP contribution < -0.4 is 0 Å². The molecule has 0 rings (SSSR count). The van der Waals surface area contributed by atoms with Gasteiger partial charge in [0.15, 0.2) is 0 Å². The smallest absolute Gasteiger partial charge is 0 e. The van der Waals surface area contributed by atoms with Gasteiger partial charge in [-0.25, -0.2) is 0 Å². The van der Waals surface area contributed by atoms with E-state index in [9.17, 15) is 0 Å². The van der Waals surface area contributed by atoms with Gasteiger partial charge >= 0.3 is 0 Å². The van der Waals surface area contributed by atoms with Gasteiger partial charge in [-0.05, 0) is 0 Å². The molecule has 0 aromatic rings. The van der Waals surface area contributed by atoms with Crippen LogP contribution >= 0.6 is 0 Å². The van der Waals surface area contributed by atoms with E-state index in [2.05, 4.69) is 0 Å². The number of hydrogen-bond acceptors (Lipinski definition) is 0. The summed E-state index contributed by atoms with van der Waals surface area (Å²) in [6, 6.07) is 0. The van der Waals surface area contributed by atoms with Crippen LogP contribution in [0.15, 0.2) is 0 Å². The van der Waals surface area contributed by atoms with Crippen LogP contribution in [0.4, 0.5) is 0 Å². The standard InChI is InChI=1S/Hf.4H2O.Zr/h;4*1H2;. The molecule has 0 heterocycles. The molecule has 0 bridgehead atoms. The maximum Gasteiger partial charge on any atom is 0 e. The van der Waals surface area contributed by atoms with Crippen LogP contribution in [0.25, 0.3) is 0 Å². The molecule has 0 saturated heterocycles. The molecular formula is H8HfO4Zr. The van der Waals surface area contributed by atoms with Crippen molar-refractivity contribution in [2.75, 3.05) is 0 Å². The molecule has 0 aromatic carbocycles. The van der Waals surface area contributed by atoms with Crippen LogP contribution in [-0.4, -0.2) is 21.9 Å². The summed E-state index contributed by atoms with van der Waals surface area (Å²) in [5.74, 6) is 0. The minimum Gasteiger partial charge on any atom is -0.412 e. The third kappa shape index (κ3) is 46.5. The fourth-order valence-corrected chi connectivity index (χ4v) is 0. The maximum atomic E-state index is 0. The molecule has 0 aromatic heterocycles. The average molecular weight is 342 g/mol. The van der Waals surface area contributed by atoms with Crippen molar-refractivity contribution in [3.05, 3.63) is 0 Å². The quantitative estimate of drug-likeness (QED) is 0.409. The maximum absolute atomic E-state index is 0. The molecule has 0 fully saturated rings. The van der Waals surface area contributed by atoms with Crippen molar-refractivity contribution in [2.45, 2.75) is 0 Å². The Morgan fingerprint density at radius 3 is 0.500 bits per heavy atom. The predicted molar refractivity (Wildman–Crippen MR) is 14.5 cm³/mol. The van der Waals surface area contributed by atoms with Crippen molar-refractivity contribution in [1.29, 1.82) is 0 Å². The van der Waals surface area contributed by atoms with Gasteiger partial charge in [0.1, 0.15) is 0 Å². The van der Waals surface area contributed by atoms with Gasteiger partial charge in [0.25, 0.3) is 0 Å². The first-order valence-electron chi connectivity index (χ1n) is 0. The topological polar surface area (TPSA) is 126 Å². The van der Waals surface area contributed by atoms with Crippen LogP contribution in [0.5, 0.6) is 0 Å². The van der Waals surface area contributed by atoms with Gasteiger partial charge in [0, 0.05) is 52.0 Å². The van der Waals surface area contributed by atoms with Crippen molar-refractivity contribution in [1.82, 2.24) is 0 Å². The van der Waals surface area contributed by atoms with Gasteiger partial charge in [0.05, 0.1) is 0 Å². The molecule has 8 N–H and O–H groups in total. The first-order chi connectivity index (χ1) is 0. The molecule has 4 nitrogen and oxygen atoms in total. The van der Waals surface area contributed by atoms with Crippen LogP contribution in [-0.2, 0) is 52.0 Å². The summed E-state index contributed by atoms with van der Waals surface area (Å²) >= 11 is 0. The molecule has 0 amide bonds. The number of rotatable bonds is 0. The minimum atomic E-state index is 0. The van der Waals surface area contributed by atoms with Crippen molar-refractivity contribution < 1.29 is 74.0 Å².